The van der Waals surface area contributed by atoms with Crippen LogP contribution >= 0.6 is 0 Å². The molecule has 1 unspecified atom stereocenters. The van der Waals surface area contributed by atoms with Gasteiger partial charge in [0.2, 0.25) is 11.8 Å². The second-order valence-electron chi connectivity index (χ2n) is 8.83. The quantitative estimate of drug-likeness (QED) is 0.716. The molecule has 1 spiro atoms. The first kappa shape index (κ1) is 22.2. The van der Waals surface area contributed by atoms with Crippen LogP contribution in [0.2, 0.25) is 0 Å². The number of nitrogens with zero attached hydrogens (tertiary/aromatic N) is 3. The molecule has 1 aromatic carbocycles. The van der Waals surface area contributed by atoms with Crippen molar-refractivity contribution in [1.82, 2.24) is 20.0 Å². The SMILES string of the molecule is CCC(=O)N1CCC2(CC1)NC(=O)N(C1CCCN(C(=O)Cc3ccccc3F)C1)C2=O. The van der Waals surface area contributed by atoms with Gasteiger partial charge in [0.1, 0.15) is 11.4 Å². The van der Waals surface area contributed by atoms with E-state index in [2.05, 4.69) is 5.32 Å². The zero-order valence-electron chi connectivity index (χ0n) is 18.3. The number of likely N-dealkylation sites (tertiary alicyclic amines) is 2. The van der Waals surface area contributed by atoms with Gasteiger partial charge in [-0.15, -0.1) is 0 Å². The lowest BCUT2D eigenvalue weighted by Gasteiger charge is -2.39. The van der Waals surface area contributed by atoms with Crippen molar-refractivity contribution in [1.29, 1.82) is 0 Å². The van der Waals surface area contributed by atoms with Crippen molar-refractivity contribution in [2.24, 2.45) is 0 Å². The minimum absolute atomic E-state index is 0.0461. The Bertz CT molecular complexity index is 928. The Hall–Kier alpha value is -2.97. The lowest BCUT2D eigenvalue weighted by molar-refractivity contribution is -0.141. The van der Waals surface area contributed by atoms with Gasteiger partial charge in [-0.3, -0.25) is 19.3 Å². The molecule has 0 aromatic heterocycles. The first-order valence-corrected chi connectivity index (χ1v) is 11.3. The molecule has 1 atom stereocenters. The molecule has 1 aromatic rings. The number of hydrogen-bond acceptors (Lipinski definition) is 4. The normalized spacial score (nSPS) is 22.9. The highest BCUT2D eigenvalue weighted by Gasteiger charge is 2.54. The Morgan fingerprint density at radius 2 is 1.81 bits per heavy atom. The van der Waals surface area contributed by atoms with Crippen molar-refractivity contribution < 1.29 is 23.6 Å². The first-order chi connectivity index (χ1) is 15.3. The Balaban J connectivity index is 1.42. The van der Waals surface area contributed by atoms with Crippen molar-refractivity contribution >= 4 is 23.8 Å². The summed E-state index contributed by atoms with van der Waals surface area (Å²) in [4.78, 5) is 55.5. The molecule has 4 rings (SSSR count). The molecular weight excluding hydrogens is 415 g/mol. The number of rotatable bonds is 4. The van der Waals surface area contributed by atoms with E-state index in [1.54, 1.807) is 34.9 Å². The molecule has 3 fully saturated rings. The Morgan fingerprint density at radius 3 is 2.50 bits per heavy atom. The zero-order valence-corrected chi connectivity index (χ0v) is 18.3. The average Bonchev–Trinajstić information content (AvgIpc) is 3.04. The molecule has 0 radical (unpaired) electrons. The van der Waals surface area contributed by atoms with Crippen LogP contribution in [0.4, 0.5) is 9.18 Å². The van der Waals surface area contributed by atoms with Gasteiger partial charge >= 0.3 is 6.03 Å². The summed E-state index contributed by atoms with van der Waals surface area (Å²) in [6.07, 6.45) is 2.43. The van der Waals surface area contributed by atoms with Gasteiger partial charge in [-0.2, -0.15) is 0 Å². The molecule has 9 heteroatoms. The number of urea groups is 1. The molecular formula is C23H29FN4O4. The van der Waals surface area contributed by atoms with Crippen LogP contribution in [0.3, 0.4) is 0 Å². The molecule has 32 heavy (non-hydrogen) atoms. The minimum Gasteiger partial charge on any atom is -0.343 e. The summed E-state index contributed by atoms with van der Waals surface area (Å²) in [7, 11) is 0. The predicted octanol–water partition coefficient (Wildman–Crippen LogP) is 1.68. The third kappa shape index (κ3) is 4.08. The molecule has 3 heterocycles. The van der Waals surface area contributed by atoms with Gasteiger partial charge in [-0.1, -0.05) is 25.1 Å². The smallest absolute Gasteiger partial charge is 0.325 e. The number of hydrogen-bond donors (Lipinski definition) is 1. The van der Waals surface area contributed by atoms with Crippen LogP contribution in [0, 0.1) is 5.82 Å². The van der Waals surface area contributed by atoms with E-state index in [0.717, 1.165) is 0 Å². The molecule has 8 nitrogen and oxygen atoms in total. The molecule has 0 aliphatic carbocycles. The maximum Gasteiger partial charge on any atom is 0.325 e. The number of imide groups is 1. The van der Waals surface area contributed by atoms with E-state index < -0.39 is 23.4 Å². The highest BCUT2D eigenvalue weighted by Crippen LogP contribution is 2.32. The number of carbonyl (C=O) groups excluding carboxylic acids is 4. The minimum atomic E-state index is -0.971. The second kappa shape index (κ2) is 8.88. The van der Waals surface area contributed by atoms with Crippen molar-refractivity contribution in [3.05, 3.63) is 35.6 Å². The molecule has 3 aliphatic rings. The maximum absolute atomic E-state index is 13.9. The van der Waals surface area contributed by atoms with Crippen molar-refractivity contribution in [2.75, 3.05) is 26.2 Å². The average molecular weight is 445 g/mol. The third-order valence-corrected chi connectivity index (χ3v) is 6.88. The van der Waals surface area contributed by atoms with Crippen molar-refractivity contribution in [3.63, 3.8) is 0 Å². The van der Waals surface area contributed by atoms with Gasteiger partial charge < -0.3 is 15.1 Å². The third-order valence-electron chi connectivity index (χ3n) is 6.88. The topological polar surface area (TPSA) is 90.0 Å². The standard InChI is InChI=1S/C23H29FN4O4/c1-2-19(29)26-12-9-23(10-13-26)21(31)28(22(32)25-23)17-7-5-11-27(15-17)20(30)14-16-6-3-4-8-18(16)24/h3-4,6,8,17H,2,5,7,9-15H2,1H3,(H,25,32). The number of benzene rings is 1. The summed E-state index contributed by atoms with van der Waals surface area (Å²) in [5.74, 6) is -0.851. The largest absolute Gasteiger partial charge is 0.343 e. The van der Waals surface area contributed by atoms with Crippen LogP contribution in [0.15, 0.2) is 24.3 Å². The van der Waals surface area contributed by atoms with Gasteiger partial charge in [0.25, 0.3) is 5.91 Å². The second-order valence-corrected chi connectivity index (χ2v) is 8.83. The predicted molar refractivity (Wildman–Crippen MR) is 114 cm³/mol. The van der Waals surface area contributed by atoms with Gasteiger partial charge in [-0.25, -0.2) is 9.18 Å². The fourth-order valence-corrected chi connectivity index (χ4v) is 4.98. The number of amides is 5. The summed E-state index contributed by atoms with van der Waals surface area (Å²) in [6, 6.07) is 5.35. The molecule has 0 bridgehead atoms. The summed E-state index contributed by atoms with van der Waals surface area (Å²) >= 11 is 0. The maximum atomic E-state index is 13.9. The highest BCUT2D eigenvalue weighted by atomic mass is 19.1. The van der Waals surface area contributed by atoms with Crippen LogP contribution in [0.25, 0.3) is 0 Å². The summed E-state index contributed by atoms with van der Waals surface area (Å²) in [5, 5.41) is 2.88. The monoisotopic (exact) mass is 444 g/mol. The lowest BCUT2D eigenvalue weighted by Crippen LogP contribution is -2.57. The molecule has 0 saturated carbocycles. The number of piperidine rings is 2. The van der Waals surface area contributed by atoms with Crippen LogP contribution < -0.4 is 5.32 Å². The van der Waals surface area contributed by atoms with Crippen LogP contribution in [-0.2, 0) is 20.8 Å². The van der Waals surface area contributed by atoms with E-state index in [1.165, 1.54) is 11.0 Å². The molecule has 1 N–H and O–H groups in total. The number of halogens is 1. The molecule has 172 valence electrons. The van der Waals surface area contributed by atoms with E-state index in [9.17, 15) is 23.6 Å². The first-order valence-electron chi connectivity index (χ1n) is 11.3. The van der Waals surface area contributed by atoms with Crippen molar-refractivity contribution in [2.45, 2.75) is 57.0 Å². The number of carbonyl (C=O) groups is 4. The van der Waals surface area contributed by atoms with E-state index >= 15 is 0 Å². The Labute approximate surface area is 186 Å². The van der Waals surface area contributed by atoms with Gasteiger partial charge in [0, 0.05) is 32.6 Å². The van der Waals surface area contributed by atoms with E-state index in [1.807, 2.05) is 0 Å². The van der Waals surface area contributed by atoms with Crippen LogP contribution in [0.1, 0.15) is 44.6 Å². The summed E-state index contributed by atoms with van der Waals surface area (Å²) < 4.78 is 13.9. The van der Waals surface area contributed by atoms with Gasteiger partial charge in [0.05, 0.1) is 12.5 Å². The number of nitrogens with one attached hydrogen (secondary N) is 1. The summed E-state index contributed by atoms with van der Waals surface area (Å²) in [6.45, 7) is 3.45. The molecule has 3 saturated heterocycles. The van der Waals surface area contributed by atoms with Crippen LogP contribution in [0.5, 0.6) is 0 Å². The van der Waals surface area contributed by atoms with E-state index in [-0.39, 0.29) is 30.7 Å². The highest BCUT2D eigenvalue weighted by molar-refractivity contribution is 6.07. The van der Waals surface area contributed by atoms with Crippen molar-refractivity contribution in [3.8, 4) is 0 Å². The molecule has 3 aliphatic heterocycles. The summed E-state index contributed by atoms with van der Waals surface area (Å²) in [5.41, 5.74) is -0.636. The lowest BCUT2D eigenvalue weighted by atomic mass is 9.87. The molecule has 5 amide bonds. The van der Waals surface area contributed by atoms with E-state index in [4.69, 9.17) is 0 Å². The zero-order chi connectivity index (χ0) is 22.9. The van der Waals surface area contributed by atoms with Gasteiger partial charge in [-0.05, 0) is 37.3 Å². The fraction of sp³-hybridized carbons (Fsp3) is 0.565. The van der Waals surface area contributed by atoms with E-state index in [0.29, 0.717) is 57.3 Å². The Morgan fingerprint density at radius 1 is 1.09 bits per heavy atom. The fourth-order valence-electron chi connectivity index (χ4n) is 4.98. The Kier molecular flexibility index (Phi) is 6.17. The van der Waals surface area contributed by atoms with Crippen LogP contribution in [-0.4, -0.2) is 76.2 Å². The van der Waals surface area contributed by atoms with Gasteiger partial charge in [0.15, 0.2) is 0 Å².